The Morgan fingerprint density at radius 2 is 2.35 bits per heavy atom. The topological polar surface area (TPSA) is 82.9 Å². The molecule has 0 bridgehead atoms. The quantitative estimate of drug-likeness (QED) is 0.756. The van der Waals surface area contributed by atoms with E-state index in [1.165, 1.54) is 0 Å². The van der Waals surface area contributed by atoms with Crippen molar-refractivity contribution >= 4 is 23.4 Å². The lowest BCUT2D eigenvalue weighted by molar-refractivity contribution is 0.190. The van der Waals surface area contributed by atoms with Crippen LogP contribution in [0.1, 0.15) is 23.3 Å². The molecule has 0 radical (unpaired) electrons. The van der Waals surface area contributed by atoms with Gasteiger partial charge >= 0.3 is 0 Å². The lowest BCUT2D eigenvalue weighted by atomic mass is 10.1. The van der Waals surface area contributed by atoms with E-state index in [1.54, 1.807) is 6.20 Å². The molecular formula is C15H19ClN6O. The minimum Gasteiger partial charge on any atom is -0.346 e. The van der Waals surface area contributed by atoms with Crippen molar-refractivity contribution in [3.8, 4) is 0 Å². The highest BCUT2D eigenvalue weighted by molar-refractivity contribution is 5.85. The van der Waals surface area contributed by atoms with Crippen molar-refractivity contribution in [2.45, 2.75) is 12.5 Å². The lowest BCUT2D eigenvalue weighted by Gasteiger charge is -2.30. The summed E-state index contributed by atoms with van der Waals surface area (Å²) in [5, 5.41) is 8.62. The van der Waals surface area contributed by atoms with Gasteiger partial charge in [-0.15, -0.1) is 12.4 Å². The third kappa shape index (κ3) is 3.08. The van der Waals surface area contributed by atoms with Crippen LogP contribution in [0.15, 0.2) is 29.0 Å². The fourth-order valence-corrected chi connectivity index (χ4v) is 2.89. The van der Waals surface area contributed by atoms with Gasteiger partial charge in [-0.05, 0) is 24.7 Å². The first-order chi connectivity index (χ1) is 10.8. The number of hydrogen-bond acceptors (Lipinski definition) is 6. The average Bonchev–Trinajstić information content (AvgIpc) is 3.16. The highest BCUT2D eigenvalue weighted by Crippen LogP contribution is 2.21. The van der Waals surface area contributed by atoms with Gasteiger partial charge in [0.2, 0.25) is 5.89 Å². The Labute approximate surface area is 139 Å². The van der Waals surface area contributed by atoms with Gasteiger partial charge in [0.05, 0.1) is 12.5 Å². The molecule has 0 aliphatic carbocycles. The van der Waals surface area contributed by atoms with Gasteiger partial charge in [-0.3, -0.25) is 4.90 Å². The molecule has 1 atom stereocenters. The number of nitrogens with zero attached hydrogens (tertiary/aromatic N) is 4. The second kappa shape index (κ2) is 6.66. The summed E-state index contributed by atoms with van der Waals surface area (Å²) in [6, 6.07) is 4.15. The number of halogens is 1. The van der Waals surface area contributed by atoms with Crippen molar-refractivity contribution in [1.29, 1.82) is 0 Å². The number of pyridine rings is 1. The molecule has 1 saturated heterocycles. The Bertz CT molecular complexity index is 785. The fourth-order valence-electron chi connectivity index (χ4n) is 2.89. The number of piperazine rings is 1. The number of aromatic nitrogens is 4. The number of H-pyrrole nitrogens is 1. The van der Waals surface area contributed by atoms with Gasteiger partial charge in [-0.25, -0.2) is 4.98 Å². The molecule has 122 valence electrons. The van der Waals surface area contributed by atoms with Crippen molar-refractivity contribution in [2.24, 2.45) is 0 Å². The second-order valence-electron chi connectivity index (χ2n) is 5.64. The molecule has 3 aromatic rings. The minimum atomic E-state index is 0. The molecule has 1 unspecified atom stereocenters. The summed E-state index contributed by atoms with van der Waals surface area (Å²) in [7, 11) is 2.09. The van der Waals surface area contributed by atoms with Gasteiger partial charge in [0.1, 0.15) is 5.65 Å². The summed E-state index contributed by atoms with van der Waals surface area (Å²) in [6.45, 7) is 2.84. The van der Waals surface area contributed by atoms with Crippen LogP contribution >= 0.6 is 12.4 Å². The summed E-state index contributed by atoms with van der Waals surface area (Å²) in [5.41, 5.74) is 2.00. The largest absolute Gasteiger partial charge is 0.346 e. The molecule has 2 N–H and O–H groups in total. The van der Waals surface area contributed by atoms with Crippen LogP contribution in [0, 0.1) is 0 Å². The molecule has 7 nitrogen and oxygen atoms in total. The predicted molar refractivity (Wildman–Crippen MR) is 88.7 cm³/mol. The van der Waals surface area contributed by atoms with Crippen LogP contribution in [0.4, 0.5) is 0 Å². The average molecular weight is 335 g/mol. The smallest absolute Gasteiger partial charge is 0.231 e. The van der Waals surface area contributed by atoms with Gasteiger partial charge in [0.25, 0.3) is 0 Å². The van der Waals surface area contributed by atoms with Crippen LogP contribution in [-0.4, -0.2) is 51.7 Å². The van der Waals surface area contributed by atoms with E-state index in [1.807, 2.05) is 18.3 Å². The van der Waals surface area contributed by atoms with Gasteiger partial charge < -0.3 is 14.8 Å². The van der Waals surface area contributed by atoms with Crippen molar-refractivity contribution in [3.63, 3.8) is 0 Å². The van der Waals surface area contributed by atoms with Crippen LogP contribution in [0.2, 0.25) is 0 Å². The van der Waals surface area contributed by atoms with E-state index >= 15 is 0 Å². The molecule has 0 saturated carbocycles. The summed E-state index contributed by atoms with van der Waals surface area (Å²) < 4.78 is 5.44. The normalized spacial score (nSPS) is 18.9. The maximum absolute atomic E-state index is 5.44. The highest BCUT2D eigenvalue weighted by Gasteiger charge is 2.25. The van der Waals surface area contributed by atoms with E-state index in [0.29, 0.717) is 12.3 Å². The van der Waals surface area contributed by atoms with E-state index in [4.69, 9.17) is 4.52 Å². The van der Waals surface area contributed by atoms with Gasteiger partial charge in [-0.2, -0.15) is 4.98 Å². The van der Waals surface area contributed by atoms with Crippen LogP contribution in [0.25, 0.3) is 11.0 Å². The molecule has 1 aliphatic rings. The highest BCUT2D eigenvalue weighted by atomic mass is 35.5. The Kier molecular flexibility index (Phi) is 4.61. The van der Waals surface area contributed by atoms with Crippen molar-refractivity contribution in [3.05, 3.63) is 41.8 Å². The van der Waals surface area contributed by atoms with Crippen LogP contribution in [0.3, 0.4) is 0 Å². The fraction of sp³-hybridized carbons (Fsp3) is 0.400. The van der Waals surface area contributed by atoms with Crippen LogP contribution in [-0.2, 0) is 6.42 Å². The second-order valence-corrected chi connectivity index (χ2v) is 5.64. The third-order valence-corrected chi connectivity index (χ3v) is 4.17. The van der Waals surface area contributed by atoms with E-state index < -0.39 is 0 Å². The lowest BCUT2D eigenvalue weighted by Crippen LogP contribution is -2.44. The number of fused-ring (bicyclic) bond motifs is 1. The Morgan fingerprint density at radius 3 is 3.22 bits per heavy atom. The molecule has 1 aliphatic heterocycles. The zero-order chi connectivity index (χ0) is 14.9. The maximum atomic E-state index is 5.44. The Hall–Kier alpha value is -1.96. The summed E-state index contributed by atoms with van der Waals surface area (Å²) in [6.07, 6.45) is 4.34. The van der Waals surface area contributed by atoms with Crippen molar-refractivity contribution in [1.82, 2.24) is 30.3 Å². The number of nitrogens with one attached hydrogen (secondary N) is 2. The summed E-state index contributed by atoms with van der Waals surface area (Å²) in [5.74, 6) is 1.39. The molecule has 4 rings (SSSR count). The first kappa shape index (κ1) is 15.9. The van der Waals surface area contributed by atoms with E-state index in [0.717, 1.165) is 42.1 Å². The standard InChI is InChI=1S/C15H18N6O.ClH/c1-21-6-5-16-9-12(21)15-19-13(22-20-15)7-10-8-18-14-11(10)3-2-4-17-14;/h2-4,8,12,16H,5-7,9H2,1H3,(H,17,18);1H. The zero-order valence-corrected chi connectivity index (χ0v) is 13.6. The number of hydrogen-bond donors (Lipinski definition) is 2. The van der Waals surface area contributed by atoms with E-state index in [9.17, 15) is 0 Å². The molecule has 4 heterocycles. The molecule has 8 heteroatoms. The van der Waals surface area contributed by atoms with Gasteiger partial charge in [-0.1, -0.05) is 5.16 Å². The summed E-state index contributed by atoms with van der Waals surface area (Å²) >= 11 is 0. The van der Waals surface area contributed by atoms with Crippen LogP contribution in [0.5, 0.6) is 0 Å². The zero-order valence-electron chi connectivity index (χ0n) is 12.8. The van der Waals surface area contributed by atoms with E-state index in [-0.39, 0.29) is 18.4 Å². The van der Waals surface area contributed by atoms with Crippen molar-refractivity contribution < 1.29 is 4.52 Å². The molecule has 0 aromatic carbocycles. The predicted octanol–water partition coefficient (Wildman–Crippen LogP) is 1.53. The first-order valence-electron chi connectivity index (χ1n) is 7.45. The molecule has 23 heavy (non-hydrogen) atoms. The monoisotopic (exact) mass is 334 g/mol. The van der Waals surface area contributed by atoms with Gasteiger partial charge in [0.15, 0.2) is 5.82 Å². The minimum absolute atomic E-state index is 0. The Morgan fingerprint density at radius 1 is 1.43 bits per heavy atom. The number of likely N-dealkylation sites (N-methyl/N-ethyl adjacent to an activating group) is 1. The molecule has 0 amide bonds. The van der Waals surface area contributed by atoms with Gasteiger partial charge in [0, 0.05) is 37.4 Å². The third-order valence-electron chi connectivity index (χ3n) is 4.17. The molecule has 1 fully saturated rings. The summed E-state index contributed by atoms with van der Waals surface area (Å²) in [4.78, 5) is 14.3. The van der Waals surface area contributed by atoms with Crippen LogP contribution < -0.4 is 5.32 Å². The maximum Gasteiger partial charge on any atom is 0.231 e. The molecular weight excluding hydrogens is 316 g/mol. The molecule has 0 spiro atoms. The number of aromatic amines is 1. The first-order valence-corrected chi connectivity index (χ1v) is 7.45. The molecule has 3 aromatic heterocycles. The Balaban J connectivity index is 0.00000156. The van der Waals surface area contributed by atoms with E-state index in [2.05, 4.69) is 37.4 Å². The SMILES string of the molecule is CN1CCNCC1c1noc(Cc2c[nH]c3ncccc23)n1.Cl. The number of rotatable bonds is 3. The van der Waals surface area contributed by atoms with Crippen molar-refractivity contribution in [2.75, 3.05) is 26.7 Å².